The Labute approximate surface area is 177 Å². The second-order valence-corrected chi connectivity index (χ2v) is 8.82. The summed E-state index contributed by atoms with van der Waals surface area (Å²) in [5, 5.41) is 11.8. The number of hydrogen-bond acceptors (Lipinski definition) is 2. The number of hydrogen-bond donors (Lipinski definition) is 1. The molecule has 154 valence electrons. The highest BCUT2D eigenvalue weighted by Gasteiger charge is 2.26. The number of aliphatic carboxylic acids is 1. The summed E-state index contributed by atoms with van der Waals surface area (Å²) in [6, 6.07) is 19.4. The van der Waals surface area contributed by atoms with Gasteiger partial charge in [0.2, 0.25) is 0 Å². The van der Waals surface area contributed by atoms with Gasteiger partial charge in [0.25, 0.3) is 0 Å². The van der Waals surface area contributed by atoms with E-state index < -0.39 is 5.97 Å². The van der Waals surface area contributed by atoms with Crippen LogP contribution in [-0.4, -0.2) is 17.2 Å². The van der Waals surface area contributed by atoms with Crippen molar-refractivity contribution < 1.29 is 14.6 Å². The first-order valence-corrected chi connectivity index (χ1v) is 11.2. The molecule has 2 aliphatic rings. The second kappa shape index (κ2) is 8.14. The van der Waals surface area contributed by atoms with Gasteiger partial charge >= 0.3 is 5.97 Å². The normalized spacial score (nSPS) is 19.0. The first kappa shape index (κ1) is 19.2. The molecule has 1 fully saturated rings. The van der Waals surface area contributed by atoms with Crippen LogP contribution in [0.1, 0.15) is 62.0 Å². The van der Waals surface area contributed by atoms with Crippen molar-refractivity contribution in [2.45, 2.75) is 63.4 Å². The van der Waals surface area contributed by atoms with Crippen molar-refractivity contribution in [3.05, 3.63) is 65.7 Å². The lowest BCUT2D eigenvalue weighted by Gasteiger charge is -2.27. The van der Waals surface area contributed by atoms with E-state index in [1.165, 1.54) is 34.7 Å². The fourth-order valence-corrected chi connectivity index (χ4v) is 5.22. The van der Waals surface area contributed by atoms with Crippen LogP contribution in [0.5, 0.6) is 5.75 Å². The number of fused-ring (bicyclic) bond motifs is 2. The maximum absolute atomic E-state index is 11.5. The van der Waals surface area contributed by atoms with E-state index in [0.717, 1.165) is 49.0 Å². The van der Waals surface area contributed by atoms with Gasteiger partial charge in [0.1, 0.15) is 5.75 Å². The van der Waals surface area contributed by atoms with Crippen LogP contribution in [0.25, 0.3) is 21.9 Å². The van der Waals surface area contributed by atoms with Crippen molar-refractivity contribution in [2.75, 3.05) is 0 Å². The smallest absolute Gasteiger partial charge is 0.303 e. The molecule has 1 saturated carbocycles. The Kier molecular flexibility index (Phi) is 5.20. The number of aryl methyl sites for hydroxylation is 1. The molecule has 1 N–H and O–H groups in total. The molecule has 1 atom stereocenters. The van der Waals surface area contributed by atoms with E-state index in [-0.39, 0.29) is 12.3 Å². The molecular weight excluding hydrogens is 372 g/mol. The molecule has 0 amide bonds. The minimum atomic E-state index is -0.716. The van der Waals surface area contributed by atoms with Gasteiger partial charge in [-0.15, -0.1) is 0 Å². The summed E-state index contributed by atoms with van der Waals surface area (Å²) in [4.78, 5) is 11.5. The maximum atomic E-state index is 11.5. The Morgan fingerprint density at radius 2 is 1.73 bits per heavy atom. The lowest BCUT2D eigenvalue weighted by Crippen LogP contribution is -2.16. The van der Waals surface area contributed by atoms with Crippen LogP contribution in [0.4, 0.5) is 0 Å². The van der Waals surface area contributed by atoms with Crippen molar-refractivity contribution in [3.8, 4) is 16.9 Å². The molecule has 0 aliphatic heterocycles. The van der Waals surface area contributed by atoms with Gasteiger partial charge in [-0.3, -0.25) is 4.79 Å². The molecule has 0 saturated heterocycles. The molecule has 0 spiro atoms. The lowest BCUT2D eigenvalue weighted by atomic mass is 9.79. The van der Waals surface area contributed by atoms with Crippen LogP contribution in [0, 0.1) is 0 Å². The zero-order chi connectivity index (χ0) is 20.5. The molecule has 3 heteroatoms. The van der Waals surface area contributed by atoms with Gasteiger partial charge in [-0.1, -0.05) is 36.4 Å². The van der Waals surface area contributed by atoms with E-state index in [4.69, 9.17) is 4.74 Å². The zero-order valence-corrected chi connectivity index (χ0v) is 17.3. The van der Waals surface area contributed by atoms with Crippen LogP contribution in [0.3, 0.4) is 0 Å². The van der Waals surface area contributed by atoms with Crippen molar-refractivity contribution in [2.24, 2.45) is 0 Å². The number of carboxylic acids is 1. The predicted molar refractivity (Wildman–Crippen MR) is 120 cm³/mol. The third kappa shape index (κ3) is 3.81. The molecule has 2 aliphatic carbocycles. The Balaban J connectivity index is 1.62. The average Bonchev–Trinajstić information content (AvgIpc) is 3.26. The first-order valence-electron chi connectivity index (χ1n) is 11.2. The molecule has 3 aromatic carbocycles. The fraction of sp³-hybridized carbons (Fsp3) is 0.370. The van der Waals surface area contributed by atoms with Crippen LogP contribution in [-0.2, 0) is 11.2 Å². The van der Waals surface area contributed by atoms with Gasteiger partial charge < -0.3 is 9.84 Å². The molecule has 5 rings (SSSR count). The standard InChI is InChI=1S/C27H28O3/c28-27(29)16-21-9-5-8-20-15-26(30-23-10-3-4-11-23)25(17-24(20)21)22-13-12-18-6-1-2-7-19(18)14-22/h1-2,6-7,12-15,17,21,23H,3-5,8-11,16H2,(H,28,29). The molecule has 3 aromatic rings. The van der Waals surface area contributed by atoms with Crippen molar-refractivity contribution in [1.29, 1.82) is 0 Å². The highest BCUT2D eigenvalue weighted by molar-refractivity contribution is 5.88. The third-order valence-electron chi connectivity index (χ3n) is 6.76. The number of carbonyl (C=O) groups is 1. The van der Waals surface area contributed by atoms with Crippen LogP contribution < -0.4 is 4.74 Å². The van der Waals surface area contributed by atoms with Gasteiger partial charge in [0.15, 0.2) is 0 Å². The average molecular weight is 401 g/mol. The van der Waals surface area contributed by atoms with Crippen LogP contribution in [0.15, 0.2) is 54.6 Å². The monoisotopic (exact) mass is 400 g/mol. The molecule has 30 heavy (non-hydrogen) atoms. The van der Waals surface area contributed by atoms with Crippen LogP contribution in [0.2, 0.25) is 0 Å². The summed E-state index contributed by atoms with van der Waals surface area (Å²) in [7, 11) is 0. The van der Waals surface area contributed by atoms with E-state index in [9.17, 15) is 9.90 Å². The Hall–Kier alpha value is -2.81. The van der Waals surface area contributed by atoms with Gasteiger partial charge in [-0.2, -0.15) is 0 Å². The van der Waals surface area contributed by atoms with E-state index in [0.29, 0.717) is 6.10 Å². The zero-order valence-electron chi connectivity index (χ0n) is 17.3. The highest BCUT2D eigenvalue weighted by atomic mass is 16.5. The first-order chi connectivity index (χ1) is 14.7. The topological polar surface area (TPSA) is 46.5 Å². The Bertz CT molecular complexity index is 1080. The van der Waals surface area contributed by atoms with E-state index in [2.05, 4.69) is 54.6 Å². The SMILES string of the molecule is O=C(O)CC1CCCc2cc(OC3CCCC3)c(-c3ccc4ccccc4c3)cc21. The van der Waals surface area contributed by atoms with Crippen molar-refractivity contribution in [3.63, 3.8) is 0 Å². The van der Waals surface area contributed by atoms with Crippen LogP contribution >= 0.6 is 0 Å². The summed E-state index contributed by atoms with van der Waals surface area (Å²) in [6.45, 7) is 0. The van der Waals surface area contributed by atoms with Gasteiger partial charge in [-0.25, -0.2) is 0 Å². The van der Waals surface area contributed by atoms with Crippen molar-refractivity contribution in [1.82, 2.24) is 0 Å². The molecule has 0 heterocycles. The van der Waals surface area contributed by atoms with Gasteiger partial charge in [-0.05, 0) is 96.5 Å². The van der Waals surface area contributed by atoms with Gasteiger partial charge in [0.05, 0.1) is 12.5 Å². The summed E-state index contributed by atoms with van der Waals surface area (Å²) < 4.78 is 6.54. The predicted octanol–water partition coefficient (Wildman–Crippen LogP) is 6.72. The summed E-state index contributed by atoms with van der Waals surface area (Å²) in [5.41, 5.74) is 4.71. The van der Waals surface area contributed by atoms with E-state index >= 15 is 0 Å². The molecular formula is C27H28O3. The highest BCUT2D eigenvalue weighted by Crippen LogP contribution is 2.42. The molecule has 3 nitrogen and oxygen atoms in total. The minimum absolute atomic E-state index is 0.0889. The third-order valence-corrected chi connectivity index (χ3v) is 6.76. The minimum Gasteiger partial charge on any atom is -0.490 e. The molecule has 0 radical (unpaired) electrons. The number of rotatable bonds is 5. The largest absolute Gasteiger partial charge is 0.490 e. The Morgan fingerprint density at radius 3 is 2.53 bits per heavy atom. The quantitative estimate of drug-likeness (QED) is 0.517. The number of carboxylic acid groups (broad SMARTS) is 1. The van der Waals surface area contributed by atoms with E-state index in [1.54, 1.807) is 0 Å². The van der Waals surface area contributed by atoms with E-state index in [1.807, 2.05) is 0 Å². The number of ether oxygens (including phenoxy) is 1. The molecule has 0 aromatic heterocycles. The summed E-state index contributed by atoms with van der Waals surface area (Å²) >= 11 is 0. The van der Waals surface area contributed by atoms with Crippen molar-refractivity contribution >= 4 is 16.7 Å². The second-order valence-electron chi connectivity index (χ2n) is 8.82. The maximum Gasteiger partial charge on any atom is 0.303 e. The Morgan fingerprint density at radius 1 is 0.933 bits per heavy atom. The number of benzene rings is 3. The molecule has 0 bridgehead atoms. The summed E-state index contributed by atoms with van der Waals surface area (Å²) in [5.74, 6) is 0.337. The molecule has 1 unspecified atom stereocenters. The fourth-order valence-electron chi connectivity index (χ4n) is 5.22. The van der Waals surface area contributed by atoms with Gasteiger partial charge in [0, 0.05) is 5.56 Å². The lowest BCUT2D eigenvalue weighted by molar-refractivity contribution is -0.137. The summed E-state index contributed by atoms with van der Waals surface area (Å²) in [6.07, 6.45) is 8.20.